The Hall–Kier alpha value is -4.03. The molecular formula is C26H26F4N6O3. The lowest BCUT2D eigenvalue weighted by Gasteiger charge is -2.39. The van der Waals surface area contributed by atoms with Crippen molar-refractivity contribution in [3.63, 3.8) is 0 Å². The molecule has 0 radical (unpaired) electrons. The molecular weight excluding hydrogens is 520 g/mol. The maximum absolute atomic E-state index is 14.3. The summed E-state index contributed by atoms with van der Waals surface area (Å²) < 4.78 is 58.0. The zero-order valence-electron chi connectivity index (χ0n) is 21.0. The summed E-state index contributed by atoms with van der Waals surface area (Å²) in [6, 6.07) is 5.92. The molecule has 13 heteroatoms. The number of alkyl halides is 3. The minimum atomic E-state index is -4.40. The van der Waals surface area contributed by atoms with Gasteiger partial charge in [-0.15, -0.1) is 0 Å². The van der Waals surface area contributed by atoms with Crippen molar-refractivity contribution in [1.29, 1.82) is 0 Å². The fraction of sp³-hybridized carbons (Fsp3) is 0.423. The number of piperidine rings is 1. The van der Waals surface area contributed by atoms with E-state index in [0.29, 0.717) is 24.9 Å². The summed E-state index contributed by atoms with van der Waals surface area (Å²) in [5.74, 6) is -1.34. The molecule has 206 valence electrons. The Balaban J connectivity index is 1.23. The first kappa shape index (κ1) is 26.6. The van der Waals surface area contributed by atoms with Crippen LogP contribution >= 0.6 is 0 Å². The number of aromatic amines is 1. The van der Waals surface area contributed by atoms with E-state index in [-0.39, 0.29) is 52.8 Å². The molecule has 1 aliphatic heterocycles. The molecule has 4 heterocycles. The van der Waals surface area contributed by atoms with Crippen LogP contribution in [0.25, 0.3) is 11.3 Å². The lowest BCUT2D eigenvalue weighted by Crippen LogP contribution is -2.50. The predicted molar refractivity (Wildman–Crippen MR) is 130 cm³/mol. The molecule has 0 unspecified atom stereocenters. The Kier molecular flexibility index (Phi) is 7.00. The fourth-order valence-electron chi connectivity index (χ4n) is 5.10. The van der Waals surface area contributed by atoms with Crippen molar-refractivity contribution in [1.82, 2.24) is 30.4 Å². The number of methoxy groups -OCH3 is 1. The van der Waals surface area contributed by atoms with E-state index in [1.807, 2.05) is 0 Å². The highest BCUT2D eigenvalue weighted by atomic mass is 19.4. The maximum atomic E-state index is 14.3. The highest BCUT2D eigenvalue weighted by Gasteiger charge is 2.54. The minimum absolute atomic E-state index is 0.0580. The second-order valence-electron chi connectivity index (χ2n) is 9.86. The molecule has 1 atom stereocenters. The molecule has 3 aromatic heterocycles. The first-order valence-electron chi connectivity index (χ1n) is 12.4. The number of hydrogen-bond acceptors (Lipinski definition) is 6. The summed E-state index contributed by atoms with van der Waals surface area (Å²) in [6.45, 7) is 0.270. The summed E-state index contributed by atoms with van der Waals surface area (Å²) in [5.41, 5.74) is 0.298. The molecule has 1 saturated carbocycles. The van der Waals surface area contributed by atoms with E-state index in [2.05, 4.69) is 25.5 Å². The fourth-order valence-corrected chi connectivity index (χ4v) is 5.10. The van der Waals surface area contributed by atoms with Gasteiger partial charge in [-0.1, -0.05) is 6.07 Å². The first-order chi connectivity index (χ1) is 18.6. The van der Waals surface area contributed by atoms with Crippen molar-refractivity contribution < 1.29 is 31.9 Å². The summed E-state index contributed by atoms with van der Waals surface area (Å²) in [5, 5.41) is 9.54. The van der Waals surface area contributed by atoms with Gasteiger partial charge in [0.2, 0.25) is 11.8 Å². The van der Waals surface area contributed by atoms with Gasteiger partial charge in [-0.25, -0.2) is 9.37 Å². The lowest BCUT2D eigenvalue weighted by molar-refractivity contribution is -0.128. The van der Waals surface area contributed by atoms with Gasteiger partial charge in [-0.3, -0.25) is 19.7 Å². The lowest BCUT2D eigenvalue weighted by atomic mass is 9.88. The Bertz CT molecular complexity index is 1390. The number of pyridine rings is 2. The number of amides is 2. The zero-order valence-corrected chi connectivity index (χ0v) is 21.0. The maximum Gasteiger partial charge on any atom is 0.394 e. The number of nitrogens with zero attached hydrogens (tertiary/aromatic N) is 4. The van der Waals surface area contributed by atoms with Crippen molar-refractivity contribution in [2.24, 2.45) is 5.92 Å². The third kappa shape index (κ3) is 5.71. The molecule has 39 heavy (non-hydrogen) atoms. The largest absolute Gasteiger partial charge is 0.481 e. The number of nitrogens with one attached hydrogen (secondary N) is 2. The summed E-state index contributed by atoms with van der Waals surface area (Å²) >= 11 is 0. The van der Waals surface area contributed by atoms with E-state index in [1.165, 1.54) is 37.6 Å². The summed E-state index contributed by atoms with van der Waals surface area (Å²) in [4.78, 5) is 35.7. The van der Waals surface area contributed by atoms with E-state index in [9.17, 15) is 27.2 Å². The smallest absolute Gasteiger partial charge is 0.394 e. The van der Waals surface area contributed by atoms with Crippen LogP contribution in [-0.2, 0) is 17.8 Å². The number of ether oxygens (including phenoxy) is 1. The van der Waals surface area contributed by atoms with Crippen LogP contribution in [0.4, 0.5) is 17.6 Å². The molecule has 3 aromatic rings. The number of halogens is 4. The number of carbonyl (C=O) groups is 2. The van der Waals surface area contributed by atoms with Crippen molar-refractivity contribution in [2.45, 2.75) is 50.4 Å². The number of hydrogen-bond donors (Lipinski definition) is 2. The van der Waals surface area contributed by atoms with Crippen LogP contribution in [0.15, 0.2) is 36.7 Å². The van der Waals surface area contributed by atoms with E-state index in [1.54, 1.807) is 4.90 Å². The normalized spacial score (nSPS) is 18.2. The Labute approximate surface area is 221 Å². The van der Waals surface area contributed by atoms with Crippen LogP contribution in [0.1, 0.15) is 47.4 Å². The van der Waals surface area contributed by atoms with Crippen molar-refractivity contribution in [3.8, 4) is 17.1 Å². The van der Waals surface area contributed by atoms with Crippen LogP contribution in [-0.4, -0.2) is 62.2 Å². The van der Waals surface area contributed by atoms with E-state index in [4.69, 9.17) is 4.74 Å². The van der Waals surface area contributed by atoms with Gasteiger partial charge >= 0.3 is 6.18 Å². The molecule has 2 aliphatic rings. The van der Waals surface area contributed by atoms with E-state index < -0.39 is 24.0 Å². The Morgan fingerprint density at radius 3 is 2.77 bits per heavy atom. The number of H-pyrrole nitrogens is 1. The number of likely N-dealkylation sites (tertiary alicyclic amines) is 1. The van der Waals surface area contributed by atoms with Crippen LogP contribution < -0.4 is 10.1 Å². The van der Waals surface area contributed by atoms with Gasteiger partial charge in [-0.05, 0) is 43.4 Å². The molecule has 0 bridgehead atoms. The van der Waals surface area contributed by atoms with Gasteiger partial charge < -0.3 is 15.0 Å². The molecule has 9 nitrogen and oxygen atoms in total. The van der Waals surface area contributed by atoms with Gasteiger partial charge in [0.1, 0.15) is 5.69 Å². The second-order valence-corrected chi connectivity index (χ2v) is 9.86. The molecule has 5 rings (SSSR count). The van der Waals surface area contributed by atoms with Crippen LogP contribution in [0.2, 0.25) is 0 Å². The minimum Gasteiger partial charge on any atom is -0.481 e. The SMILES string of the molecule is COc1cc(-c2cc(C(=O)N3CC[C@H](C(=O)NCc4cccnc4CC(F)(F)F)CC34CC4)[nH]n2)c(F)cn1. The Morgan fingerprint density at radius 2 is 2.05 bits per heavy atom. The number of rotatable bonds is 7. The molecule has 2 N–H and O–H groups in total. The standard InChI is InChI=1S/C26H26F4N6O3/c1-39-22-9-17(18(27)14-32-22)19-10-20(35-34-19)24(38)36-8-4-15(11-25(36)5-6-25)23(37)33-13-16-3-2-7-31-21(16)12-26(28,29)30/h2-3,7,9-10,14-15H,4-6,8,11-13H2,1H3,(H,33,37)(H,34,35)/t15-/m0/s1. The molecule has 0 aromatic carbocycles. The summed E-state index contributed by atoms with van der Waals surface area (Å²) in [7, 11) is 1.41. The number of aromatic nitrogens is 4. The predicted octanol–water partition coefficient (Wildman–Crippen LogP) is 3.82. The average Bonchev–Trinajstić information content (AvgIpc) is 3.48. The van der Waals surface area contributed by atoms with Crippen molar-refractivity contribution >= 4 is 11.8 Å². The van der Waals surface area contributed by atoms with Crippen molar-refractivity contribution in [2.75, 3.05) is 13.7 Å². The molecule has 1 aliphatic carbocycles. The monoisotopic (exact) mass is 546 g/mol. The van der Waals surface area contributed by atoms with Crippen LogP contribution in [0.5, 0.6) is 5.88 Å². The third-order valence-electron chi connectivity index (χ3n) is 7.27. The van der Waals surface area contributed by atoms with Crippen LogP contribution in [0.3, 0.4) is 0 Å². The molecule has 1 saturated heterocycles. The number of carbonyl (C=O) groups excluding carboxylic acids is 2. The third-order valence-corrected chi connectivity index (χ3v) is 7.27. The van der Waals surface area contributed by atoms with Gasteiger partial charge in [0.15, 0.2) is 5.82 Å². The highest BCUT2D eigenvalue weighted by molar-refractivity contribution is 5.94. The first-order valence-corrected chi connectivity index (χ1v) is 12.4. The molecule has 2 amide bonds. The Morgan fingerprint density at radius 1 is 1.26 bits per heavy atom. The molecule has 2 fully saturated rings. The van der Waals surface area contributed by atoms with Gasteiger partial charge in [0.05, 0.1) is 31.1 Å². The average molecular weight is 547 g/mol. The highest BCUT2D eigenvalue weighted by Crippen LogP contribution is 2.50. The van der Waals surface area contributed by atoms with Crippen molar-refractivity contribution in [3.05, 3.63) is 59.4 Å². The van der Waals surface area contributed by atoms with Gasteiger partial charge in [0.25, 0.3) is 5.91 Å². The van der Waals surface area contributed by atoms with Gasteiger partial charge in [-0.2, -0.15) is 18.3 Å². The summed E-state index contributed by atoms with van der Waals surface area (Å²) in [6.07, 6.45) is -0.939. The molecule has 1 spiro atoms. The van der Waals surface area contributed by atoms with Gasteiger partial charge in [0, 0.05) is 42.4 Å². The topological polar surface area (TPSA) is 113 Å². The zero-order chi connectivity index (χ0) is 27.8. The quantitative estimate of drug-likeness (QED) is 0.436. The van der Waals surface area contributed by atoms with Crippen LogP contribution in [0, 0.1) is 11.7 Å². The second kappa shape index (κ2) is 10.3. The van der Waals surface area contributed by atoms with E-state index in [0.717, 1.165) is 19.0 Å². The van der Waals surface area contributed by atoms with E-state index >= 15 is 0 Å².